The van der Waals surface area contributed by atoms with E-state index in [1.54, 1.807) is 10.4 Å². The number of ether oxygens (including phenoxy) is 8. The third-order valence-electron chi connectivity index (χ3n) is 18.3. The summed E-state index contributed by atoms with van der Waals surface area (Å²) < 4.78 is 47.4. The third-order valence-corrected chi connectivity index (χ3v) is 25.1. The Hall–Kier alpha value is -3.10. The SMILES string of the molecule is C=COCC1CCC(COC=C)CC1.CCC1(COCCn2c(=O)n(C)c(=O)n(CCOCC3(CC)CCO3)c2=O)CCO1.C[Si](C)(CCC1CCC2OC2C1)c1ccc([Si](C)(C)CCC2CCC3OC3C2)cc1. The van der Waals surface area contributed by atoms with E-state index in [1.807, 2.05) is 13.8 Å². The average Bonchev–Trinajstić information content (AvgIpc) is 4.33. The molecule has 3 aliphatic carbocycles. The van der Waals surface area contributed by atoms with Gasteiger partial charge in [-0.3, -0.25) is 0 Å². The lowest BCUT2D eigenvalue weighted by molar-refractivity contribution is -0.182. The summed E-state index contributed by atoms with van der Waals surface area (Å²) in [6.45, 7) is 26.0. The van der Waals surface area contributed by atoms with Crippen LogP contribution in [-0.4, -0.2) is 118 Å². The third kappa shape index (κ3) is 16.0. The maximum absolute atomic E-state index is 12.7. The summed E-state index contributed by atoms with van der Waals surface area (Å²) in [5.41, 5.74) is -2.43. The van der Waals surface area contributed by atoms with Crippen molar-refractivity contribution < 1.29 is 37.9 Å². The van der Waals surface area contributed by atoms with Crippen LogP contribution in [0, 0.1) is 23.7 Å². The highest BCUT2D eigenvalue weighted by Crippen LogP contribution is 2.43. The number of epoxide rings is 2. The lowest BCUT2D eigenvalue weighted by Gasteiger charge is -2.41. The standard InChI is InChI=1S/C26H42O2Si2.C20H33N3O7.C12H20O2/c1-29(2,15-13-19-5-11-23-25(17-19)27-23)21-7-9-22(10-8-21)30(3,4)16-14-20-6-12-24-26(18-20)28-24;1-4-19(6-10-29-19)14-27-12-8-22-16(24)21(3)17(25)23(18(22)26)9-13-28-15-20(5-2)7-11-30-20;1-3-13-9-11-5-7-12(8-6-11)10-14-4-2/h7-10,19-20,23-26H,5-6,11-18H2,1-4H3;4-15H2,1-3H3;3-4,11-12H,1-2,5-10H2. The maximum atomic E-state index is 12.7. The van der Waals surface area contributed by atoms with Gasteiger partial charge in [-0.15, -0.1) is 0 Å². The summed E-state index contributed by atoms with van der Waals surface area (Å²) >= 11 is 0. The maximum Gasteiger partial charge on any atom is 0.336 e. The Morgan fingerprint density at radius 2 is 0.973 bits per heavy atom. The predicted molar refractivity (Wildman–Crippen MR) is 298 cm³/mol. The van der Waals surface area contributed by atoms with Crippen LogP contribution < -0.4 is 27.4 Å². The molecule has 4 saturated heterocycles. The molecule has 0 spiro atoms. The Kier molecular flexibility index (Phi) is 21.4. The predicted octanol–water partition coefficient (Wildman–Crippen LogP) is 8.43. The first-order valence-corrected chi connectivity index (χ1v) is 35.2. The van der Waals surface area contributed by atoms with Crippen LogP contribution in [0.1, 0.15) is 117 Å². The Bertz CT molecular complexity index is 2100. The van der Waals surface area contributed by atoms with Gasteiger partial charge in [0, 0.05) is 19.9 Å². The molecule has 1 aromatic heterocycles. The molecule has 2 aromatic rings. The van der Waals surface area contributed by atoms with Crippen molar-refractivity contribution in [3.05, 3.63) is 81.4 Å². The molecule has 0 radical (unpaired) electrons. The molecule has 7 fully saturated rings. The zero-order valence-electron chi connectivity index (χ0n) is 46.6. The van der Waals surface area contributed by atoms with E-state index in [0.29, 0.717) is 49.5 Å². The van der Waals surface area contributed by atoms with E-state index in [-0.39, 0.29) is 37.5 Å². The van der Waals surface area contributed by atoms with Crippen molar-refractivity contribution in [3.63, 3.8) is 0 Å². The molecular weight excluding hydrogens is 971 g/mol. The zero-order valence-corrected chi connectivity index (χ0v) is 48.6. The van der Waals surface area contributed by atoms with E-state index in [9.17, 15) is 14.4 Å². The molecule has 0 N–H and O–H groups in total. The summed E-state index contributed by atoms with van der Waals surface area (Å²) in [6, 6.07) is 12.9. The van der Waals surface area contributed by atoms with Crippen LogP contribution in [0.3, 0.4) is 0 Å². The van der Waals surface area contributed by atoms with Crippen molar-refractivity contribution in [2.75, 3.05) is 52.9 Å². The minimum Gasteiger partial charge on any atom is -0.502 e. The number of fused-ring (bicyclic) bond motifs is 2. The van der Waals surface area contributed by atoms with Crippen LogP contribution in [-0.2, 0) is 58.0 Å². The van der Waals surface area contributed by atoms with Gasteiger partial charge in [-0.05, 0) is 101 Å². The largest absolute Gasteiger partial charge is 0.502 e. The van der Waals surface area contributed by atoms with E-state index in [0.717, 1.165) is 77.6 Å². The molecular formula is C58H95N3O11Si2. The van der Waals surface area contributed by atoms with Gasteiger partial charge >= 0.3 is 17.1 Å². The second kappa shape index (κ2) is 27.0. The number of benzene rings is 1. The van der Waals surface area contributed by atoms with E-state index < -0.39 is 33.2 Å². The second-order valence-electron chi connectivity index (χ2n) is 24.2. The number of nitrogens with zero attached hydrogens (tertiary/aromatic N) is 3. The molecule has 416 valence electrons. The topological polar surface area (TPSA) is 146 Å². The fraction of sp³-hybridized carbons (Fsp3) is 0.776. The van der Waals surface area contributed by atoms with Gasteiger partial charge < -0.3 is 37.9 Å². The van der Waals surface area contributed by atoms with Gasteiger partial charge in [-0.1, -0.05) is 113 Å². The molecule has 8 unspecified atom stereocenters. The molecule has 9 rings (SSSR count). The minimum absolute atomic E-state index is 0.0687. The Balaban J connectivity index is 0.000000173. The number of hydrogen-bond acceptors (Lipinski definition) is 11. The number of rotatable bonds is 26. The van der Waals surface area contributed by atoms with Crippen molar-refractivity contribution in [1.29, 1.82) is 0 Å². The fourth-order valence-corrected chi connectivity index (χ4v) is 17.0. The van der Waals surface area contributed by atoms with Gasteiger partial charge in [0.25, 0.3) is 0 Å². The highest BCUT2D eigenvalue weighted by Gasteiger charge is 2.45. The summed E-state index contributed by atoms with van der Waals surface area (Å²) in [5, 5.41) is 3.33. The van der Waals surface area contributed by atoms with E-state index in [1.165, 1.54) is 109 Å². The van der Waals surface area contributed by atoms with Crippen molar-refractivity contribution in [2.45, 2.75) is 204 Å². The first kappa shape index (κ1) is 58.6. The van der Waals surface area contributed by atoms with Crippen molar-refractivity contribution in [1.82, 2.24) is 13.7 Å². The lowest BCUT2D eigenvalue weighted by atomic mass is 9.83. The molecule has 74 heavy (non-hydrogen) atoms. The van der Waals surface area contributed by atoms with E-state index in [4.69, 9.17) is 37.9 Å². The summed E-state index contributed by atoms with van der Waals surface area (Å²) in [6.07, 6.45) is 25.2. The van der Waals surface area contributed by atoms with Gasteiger partial charge in [0.2, 0.25) is 0 Å². The Morgan fingerprint density at radius 3 is 1.30 bits per heavy atom. The van der Waals surface area contributed by atoms with Crippen LogP contribution in [0.2, 0.25) is 38.3 Å². The summed E-state index contributed by atoms with van der Waals surface area (Å²) in [5.74, 6) is 3.27. The van der Waals surface area contributed by atoms with Gasteiger partial charge in [0.15, 0.2) is 0 Å². The molecule has 14 nitrogen and oxygen atoms in total. The quantitative estimate of drug-likeness (QED) is 0.0387. The molecule has 0 bridgehead atoms. The van der Waals surface area contributed by atoms with Gasteiger partial charge in [-0.2, -0.15) is 0 Å². The molecule has 16 heteroatoms. The molecule has 7 aliphatic rings. The fourth-order valence-electron chi connectivity index (χ4n) is 12.0. The van der Waals surface area contributed by atoms with Gasteiger partial charge in [-0.25, -0.2) is 28.1 Å². The van der Waals surface area contributed by atoms with Crippen molar-refractivity contribution in [3.8, 4) is 0 Å². The Labute approximate surface area is 444 Å². The first-order valence-electron chi connectivity index (χ1n) is 28.7. The van der Waals surface area contributed by atoms with Crippen LogP contribution in [0.15, 0.2) is 64.3 Å². The number of aromatic nitrogens is 3. The molecule has 3 saturated carbocycles. The van der Waals surface area contributed by atoms with Crippen LogP contribution in [0.25, 0.3) is 0 Å². The van der Waals surface area contributed by atoms with Crippen LogP contribution in [0.4, 0.5) is 0 Å². The molecule has 5 heterocycles. The van der Waals surface area contributed by atoms with Crippen molar-refractivity contribution >= 4 is 26.5 Å². The summed E-state index contributed by atoms with van der Waals surface area (Å²) in [4.78, 5) is 37.6. The smallest absolute Gasteiger partial charge is 0.336 e. The summed E-state index contributed by atoms with van der Waals surface area (Å²) in [7, 11) is -1.32. The molecule has 0 amide bonds. The van der Waals surface area contributed by atoms with E-state index >= 15 is 0 Å². The zero-order chi connectivity index (χ0) is 52.9. The molecule has 4 aliphatic heterocycles. The monoisotopic (exact) mass is 1070 g/mol. The Morgan fingerprint density at radius 1 is 0.595 bits per heavy atom. The average molecular weight is 1070 g/mol. The lowest BCUT2D eigenvalue weighted by Crippen LogP contribution is -2.54. The van der Waals surface area contributed by atoms with Gasteiger partial charge in [0.05, 0.1) is 130 Å². The normalized spacial score (nSPS) is 29.8. The highest BCUT2D eigenvalue weighted by atomic mass is 28.3. The van der Waals surface area contributed by atoms with Gasteiger partial charge in [0.1, 0.15) is 0 Å². The highest BCUT2D eigenvalue weighted by molar-refractivity contribution is 6.91. The van der Waals surface area contributed by atoms with Crippen LogP contribution >= 0.6 is 0 Å². The number of hydrogen-bond donors (Lipinski definition) is 0. The second-order valence-corrected chi connectivity index (χ2v) is 33.9. The van der Waals surface area contributed by atoms with Crippen LogP contribution in [0.5, 0.6) is 0 Å². The molecule has 1 aromatic carbocycles. The minimum atomic E-state index is -1.34. The molecule has 8 atom stereocenters. The van der Waals surface area contributed by atoms with E-state index in [2.05, 4.69) is 63.6 Å². The van der Waals surface area contributed by atoms with Crippen molar-refractivity contribution in [2.24, 2.45) is 30.7 Å². The first-order chi connectivity index (χ1) is 35.5.